The van der Waals surface area contributed by atoms with E-state index in [2.05, 4.69) is 20.2 Å². The number of anilines is 2. The van der Waals surface area contributed by atoms with Crippen molar-refractivity contribution in [2.24, 2.45) is 0 Å². The highest BCUT2D eigenvalue weighted by atomic mass is 19.1. The second kappa shape index (κ2) is 8.41. The molecule has 1 aromatic carbocycles. The van der Waals surface area contributed by atoms with E-state index in [9.17, 15) is 9.50 Å². The molecule has 2 N–H and O–H groups in total. The molecule has 0 bridgehead atoms. The molecule has 4 rings (SSSR count). The Hall–Kier alpha value is -2.25. The van der Waals surface area contributed by atoms with Crippen molar-refractivity contribution in [2.75, 3.05) is 43.1 Å². The van der Waals surface area contributed by atoms with Crippen LogP contribution in [0.4, 0.5) is 16.0 Å². The van der Waals surface area contributed by atoms with Crippen molar-refractivity contribution >= 4 is 11.6 Å². The van der Waals surface area contributed by atoms with E-state index in [-0.39, 0.29) is 23.9 Å². The topological polar surface area (TPSA) is 70.5 Å². The van der Waals surface area contributed by atoms with Gasteiger partial charge in [-0.15, -0.1) is 0 Å². The molecule has 1 unspecified atom stereocenters. The van der Waals surface area contributed by atoms with Crippen molar-refractivity contribution in [3.8, 4) is 0 Å². The van der Waals surface area contributed by atoms with E-state index in [0.29, 0.717) is 19.8 Å². The van der Waals surface area contributed by atoms with E-state index in [4.69, 9.17) is 4.74 Å². The Kier molecular flexibility index (Phi) is 5.73. The van der Waals surface area contributed by atoms with Gasteiger partial charge in [0, 0.05) is 37.8 Å². The molecule has 6 nitrogen and oxygen atoms in total. The number of aliphatic hydroxyl groups excluding tert-OH is 1. The van der Waals surface area contributed by atoms with Gasteiger partial charge in [0.25, 0.3) is 0 Å². The minimum absolute atomic E-state index is 0.113. The van der Waals surface area contributed by atoms with E-state index in [1.807, 2.05) is 18.2 Å². The molecule has 7 heteroatoms. The molecule has 2 aliphatic heterocycles. The maximum atomic E-state index is 13.4. The molecular weight excluding hydrogens is 359 g/mol. The smallest absolute Gasteiger partial charge is 0.134 e. The highest BCUT2D eigenvalue weighted by molar-refractivity contribution is 5.50. The molecule has 150 valence electrons. The quantitative estimate of drug-likeness (QED) is 0.796. The summed E-state index contributed by atoms with van der Waals surface area (Å²) in [6.07, 6.45) is 5.37. The lowest BCUT2D eigenvalue weighted by atomic mass is 9.74. The Labute approximate surface area is 164 Å². The fourth-order valence-corrected chi connectivity index (χ4v) is 4.32. The second-order valence-corrected chi connectivity index (χ2v) is 7.69. The number of halogens is 1. The molecule has 0 saturated carbocycles. The number of ether oxygens (including phenoxy) is 1. The Morgan fingerprint density at radius 3 is 2.75 bits per heavy atom. The lowest BCUT2D eigenvalue weighted by Crippen LogP contribution is -2.40. The molecule has 28 heavy (non-hydrogen) atoms. The minimum Gasteiger partial charge on any atom is -0.394 e. The SMILES string of the molecule is OCC1CCCN1c1cc(NCC2(c3ccc(F)cc3)CCOCC2)ncn1. The predicted molar refractivity (Wildman–Crippen MR) is 106 cm³/mol. The van der Waals surface area contributed by atoms with Crippen LogP contribution in [-0.2, 0) is 10.2 Å². The van der Waals surface area contributed by atoms with Gasteiger partial charge >= 0.3 is 0 Å². The van der Waals surface area contributed by atoms with Gasteiger partial charge in [0.1, 0.15) is 23.8 Å². The molecular formula is C21H27FN4O2. The van der Waals surface area contributed by atoms with Gasteiger partial charge in [0.05, 0.1) is 12.6 Å². The van der Waals surface area contributed by atoms with Crippen molar-refractivity contribution in [3.63, 3.8) is 0 Å². The third-order valence-corrected chi connectivity index (χ3v) is 6.05. The van der Waals surface area contributed by atoms with Crippen molar-refractivity contribution in [1.82, 2.24) is 9.97 Å². The van der Waals surface area contributed by atoms with Crippen LogP contribution in [0.15, 0.2) is 36.7 Å². The van der Waals surface area contributed by atoms with Gasteiger partial charge in [-0.3, -0.25) is 0 Å². The summed E-state index contributed by atoms with van der Waals surface area (Å²) in [6.45, 7) is 3.13. The van der Waals surface area contributed by atoms with Crippen LogP contribution < -0.4 is 10.2 Å². The summed E-state index contributed by atoms with van der Waals surface area (Å²) in [5, 5.41) is 13.1. The van der Waals surface area contributed by atoms with E-state index in [1.54, 1.807) is 6.33 Å². The van der Waals surface area contributed by atoms with Gasteiger partial charge in [-0.1, -0.05) is 12.1 Å². The molecule has 2 saturated heterocycles. The van der Waals surface area contributed by atoms with Crippen LogP contribution in [0.3, 0.4) is 0 Å². The Bertz CT molecular complexity index is 780. The van der Waals surface area contributed by atoms with Gasteiger partial charge in [-0.25, -0.2) is 14.4 Å². The summed E-state index contributed by atoms with van der Waals surface area (Å²) < 4.78 is 19.0. The molecule has 0 amide bonds. The molecule has 2 aliphatic rings. The van der Waals surface area contributed by atoms with Gasteiger partial charge in [-0.05, 0) is 43.4 Å². The van der Waals surface area contributed by atoms with Crippen LogP contribution >= 0.6 is 0 Å². The first kappa shape index (κ1) is 19.1. The van der Waals surface area contributed by atoms with Crippen LogP contribution in [-0.4, -0.2) is 54.0 Å². The Morgan fingerprint density at radius 1 is 1.21 bits per heavy atom. The lowest BCUT2D eigenvalue weighted by Gasteiger charge is -2.38. The number of rotatable bonds is 6. The number of nitrogens with one attached hydrogen (secondary N) is 1. The minimum atomic E-state index is -0.219. The Morgan fingerprint density at radius 2 is 2.00 bits per heavy atom. The number of nitrogens with zero attached hydrogens (tertiary/aromatic N) is 3. The van der Waals surface area contributed by atoms with Crippen molar-refractivity contribution < 1.29 is 14.2 Å². The lowest BCUT2D eigenvalue weighted by molar-refractivity contribution is 0.0543. The molecule has 1 aromatic heterocycles. The number of aliphatic hydroxyl groups is 1. The van der Waals surface area contributed by atoms with Crippen molar-refractivity contribution in [2.45, 2.75) is 37.1 Å². The molecule has 2 aromatic rings. The number of hydrogen-bond donors (Lipinski definition) is 2. The van der Waals surface area contributed by atoms with Crippen LogP contribution in [0.1, 0.15) is 31.2 Å². The second-order valence-electron chi connectivity index (χ2n) is 7.69. The van der Waals surface area contributed by atoms with Crippen molar-refractivity contribution in [1.29, 1.82) is 0 Å². The van der Waals surface area contributed by atoms with Gasteiger partial charge < -0.3 is 20.1 Å². The zero-order valence-electron chi connectivity index (χ0n) is 16.0. The van der Waals surface area contributed by atoms with Gasteiger partial charge in [0.15, 0.2) is 0 Å². The summed E-state index contributed by atoms with van der Waals surface area (Å²) in [7, 11) is 0. The van der Waals surface area contributed by atoms with Crippen LogP contribution in [0.2, 0.25) is 0 Å². The highest BCUT2D eigenvalue weighted by Crippen LogP contribution is 2.35. The molecule has 2 fully saturated rings. The van der Waals surface area contributed by atoms with E-state index in [0.717, 1.165) is 49.4 Å². The van der Waals surface area contributed by atoms with E-state index < -0.39 is 0 Å². The fourth-order valence-electron chi connectivity index (χ4n) is 4.32. The normalized spacial score (nSPS) is 21.6. The first-order valence-corrected chi connectivity index (χ1v) is 9.97. The molecule has 0 spiro atoms. The standard InChI is InChI=1S/C21H27FN4O2/c22-17-5-3-16(4-6-17)21(7-10-28-11-8-21)14-23-19-12-20(25-15-24-19)26-9-1-2-18(26)13-27/h3-6,12,15,18,27H,1-2,7-11,13-14H2,(H,23,24,25). The third kappa shape index (κ3) is 3.95. The average Bonchev–Trinajstić information content (AvgIpc) is 3.23. The molecule has 3 heterocycles. The van der Waals surface area contributed by atoms with Gasteiger partial charge in [0.2, 0.25) is 0 Å². The maximum Gasteiger partial charge on any atom is 0.134 e. The predicted octanol–water partition coefficient (Wildman–Crippen LogP) is 2.74. The monoisotopic (exact) mass is 386 g/mol. The number of aromatic nitrogens is 2. The molecule has 0 radical (unpaired) electrons. The molecule has 1 atom stereocenters. The first-order valence-electron chi connectivity index (χ1n) is 9.97. The zero-order valence-corrected chi connectivity index (χ0v) is 16.0. The van der Waals surface area contributed by atoms with Crippen LogP contribution in [0.25, 0.3) is 0 Å². The summed E-state index contributed by atoms with van der Waals surface area (Å²) in [5.41, 5.74) is 1.01. The number of benzene rings is 1. The zero-order chi connectivity index (χ0) is 19.4. The van der Waals surface area contributed by atoms with Crippen molar-refractivity contribution in [3.05, 3.63) is 48.0 Å². The maximum absolute atomic E-state index is 13.4. The highest BCUT2D eigenvalue weighted by Gasteiger charge is 2.34. The van der Waals surface area contributed by atoms with Gasteiger partial charge in [-0.2, -0.15) is 0 Å². The van der Waals surface area contributed by atoms with E-state index in [1.165, 1.54) is 12.1 Å². The summed E-state index contributed by atoms with van der Waals surface area (Å²) in [6, 6.07) is 8.89. The largest absolute Gasteiger partial charge is 0.394 e. The average molecular weight is 386 g/mol. The fraction of sp³-hybridized carbons (Fsp3) is 0.524. The summed E-state index contributed by atoms with van der Waals surface area (Å²) >= 11 is 0. The summed E-state index contributed by atoms with van der Waals surface area (Å²) in [4.78, 5) is 10.9. The third-order valence-electron chi connectivity index (χ3n) is 6.05. The van der Waals surface area contributed by atoms with E-state index >= 15 is 0 Å². The van der Waals surface area contributed by atoms with Crippen LogP contribution in [0, 0.1) is 5.82 Å². The number of hydrogen-bond acceptors (Lipinski definition) is 6. The van der Waals surface area contributed by atoms with Crippen LogP contribution in [0.5, 0.6) is 0 Å². The molecule has 0 aliphatic carbocycles. The first-order chi connectivity index (χ1) is 13.7. The Balaban J connectivity index is 1.51. The summed E-state index contributed by atoms with van der Waals surface area (Å²) in [5.74, 6) is 1.39.